The first-order chi connectivity index (χ1) is 11.3. The fourth-order valence-electron chi connectivity index (χ4n) is 2.07. The fraction of sp³-hybridized carbons (Fsp3) is 0.353. The van der Waals surface area contributed by atoms with Gasteiger partial charge in [0.05, 0.1) is 0 Å². The minimum Gasteiger partial charge on any atom is -0.349 e. The molecule has 0 aliphatic rings. The molecule has 2 aromatic rings. The Labute approximate surface area is 147 Å². The van der Waals surface area contributed by atoms with E-state index in [9.17, 15) is 4.79 Å². The van der Waals surface area contributed by atoms with Crippen LogP contribution in [-0.2, 0) is 0 Å². The number of hydrogen-bond donors (Lipinski definition) is 2. The van der Waals surface area contributed by atoms with Crippen LogP contribution in [0.3, 0.4) is 0 Å². The summed E-state index contributed by atoms with van der Waals surface area (Å²) in [4.78, 5) is 22.9. The number of anilines is 2. The number of likely N-dealkylation sites (N-methyl/N-ethyl adjacent to an activating group) is 1. The molecule has 0 radical (unpaired) electrons. The topological polar surface area (TPSA) is 70.2 Å². The quantitative estimate of drug-likeness (QED) is 0.840. The Bertz CT molecular complexity index is 733. The number of benzene rings is 1. The van der Waals surface area contributed by atoms with E-state index < -0.39 is 0 Å². The molecule has 0 bridgehead atoms. The third-order valence-corrected chi connectivity index (χ3v) is 3.61. The van der Waals surface area contributed by atoms with Crippen molar-refractivity contribution in [3.63, 3.8) is 0 Å². The highest BCUT2D eigenvalue weighted by Gasteiger charge is 2.11. The number of carbonyl (C=O) groups excluding carboxylic acids is 1. The predicted molar refractivity (Wildman–Crippen MR) is 97.1 cm³/mol. The van der Waals surface area contributed by atoms with Crippen molar-refractivity contribution >= 4 is 29.1 Å². The van der Waals surface area contributed by atoms with Crippen LogP contribution in [0.5, 0.6) is 0 Å². The van der Waals surface area contributed by atoms with Crippen molar-refractivity contribution in [3.05, 3.63) is 46.2 Å². The van der Waals surface area contributed by atoms with Crippen molar-refractivity contribution in [3.8, 4) is 0 Å². The molecule has 0 saturated carbocycles. The maximum absolute atomic E-state index is 12.2. The molecule has 1 heterocycles. The van der Waals surface area contributed by atoms with E-state index in [-0.39, 0.29) is 5.91 Å². The number of nitrogens with zero attached hydrogens (tertiary/aromatic N) is 3. The van der Waals surface area contributed by atoms with E-state index >= 15 is 0 Å². The van der Waals surface area contributed by atoms with Crippen molar-refractivity contribution in [2.45, 2.75) is 13.8 Å². The highest BCUT2D eigenvalue weighted by molar-refractivity contribution is 6.30. The number of nitrogens with one attached hydrogen (secondary N) is 2. The van der Waals surface area contributed by atoms with Gasteiger partial charge in [-0.15, -0.1) is 0 Å². The maximum atomic E-state index is 12.2. The summed E-state index contributed by atoms with van der Waals surface area (Å²) in [7, 11) is 3.91. The van der Waals surface area contributed by atoms with Crippen molar-refractivity contribution < 1.29 is 4.79 Å². The molecule has 1 amide bonds. The lowest BCUT2D eigenvalue weighted by Crippen LogP contribution is -2.32. The molecule has 128 valence electrons. The first kappa shape index (κ1) is 18.2. The van der Waals surface area contributed by atoms with E-state index in [2.05, 4.69) is 20.6 Å². The summed E-state index contributed by atoms with van der Waals surface area (Å²) in [5.41, 5.74) is 2.88. The van der Waals surface area contributed by atoms with E-state index in [1.54, 1.807) is 12.1 Å². The van der Waals surface area contributed by atoms with Gasteiger partial charge < -0.3 is 15.5 Å². The monoisotopic (exact) mass is 347 g/mol. The molecule has 0 atom stereocenters. The normalized spacial score (nSPS) is 10.8. The lowest BCUT2D eigenvalue weighted by atomic mass is 10.2. The summed E-state index contributed by atoms with van der Waals surface area (Å²) in [6, 6.07) is 7.21. The van der Waals surface area contributed by atoms with E-state index in [1.165, 1.54) is 0 Å². The molecule has 6 nitrogen and oxygen atoms in total. The summed E-state index contributed by atoms with van der Waals surface area (Å²) in [5.74, 6) is 0.159. The largest absolute Gasteiger partial charge is 0.349 e. The minimum atomic E-state index is -0.215. The Morgan fingerprint density at radius 2 is 1.96 bits per heavy atom. The molecule has 0 fully saturated rings. The number of carbonyl (C=O) groups is 1. The lowest BCUT2D eigenvalue weighted by molar-refractivity contribution is 0.0946. The van der Waals surface area contributed by atoms with Crippen molar-refractivity contribution in [1.29, 1.82) is 0 Å². The maximum Gasteiger partial charge on any atom is 0.270 e. The van der Waals surface area contributed by atoms with Gasteiger partial charge in [0.1, 0.15) is 5.69 Å². The molecule has 0 aliphatic carbocycles. The van der Waals surface area contributed by atoms with Gasteiger partial charge in [-0.25, -0.2) is 9.97 Å². The van der Waals surface area contributed by atoms with Crippen LogP contribution in [0.25, 0.3) is 0 Å². The molecule has 0 saturated heterocycles. The smallest absolute Gasteiger partial charge is 0.270 e. The zero-order valence-corrected chi connectivity index (χ0v) is 15.1. The second kappa shape index (κ2) is 8.08. The van der Waals surface area contributed by atoms with Gasteiger partial charge in [0.15, 0.2) is 0 Å². The summed E-state index contributed by atoms with van der Waals surface area (Å²) in [6.45, 7) is 5.12. The van der Waals surface area contributed by atoms with Crippen LogP contribution < -0.4 is 10.6 Å². The van der Waals surface area contributed by atoms with Crippen LogP contribution in [-0.4, -0.2) is 48.0 Å². The standard InChI is InChI=1S/C17H22ClN5O/c1-11-5-6-13(18)10-14(11)21-17-20-12(2)9-15(22-17)16(24)19-7-8-23(3)4/h5-6,9-10H,7-8H2,1-4H3,(H,19,24)(H,20,21,22). The van der Waals surface area contributed by atoms with Gasteiger partial charge in [-0.1, -0.05) is 17.7 Å². The number of halogens is 1. The Morgan fingerprint density at radius 1 is 1.21 bits per heavy atom. The molecule has 0 spiro atoms. The Balaban J connectivity index is 2.16. The van der Waals surface area contributed by atoms with Gasteiger partial charge in [0, 0.05) is 29.5 Å². The van der Waals surface area contributed by atoms with Gasteiger partial charge >= 0.3 is 0 Å². The molecule has 2 N–H and O–H groups in total. The van der Waals surface area contributed by atoms with E-state index in [0.29, 0.717) is 28.9 Å². The fourth-order valence-corrected chi connectivity index (χ4v) is 2.25. The van der Waals surface area contributed by atoms with Crippen LogP contribution in [0.1, 0.15) is 21.7 Å². The summed E-state index contributed by atoms with van der Waals surface area (Å²) in [5, 5.41) is 6.60. The Morgan fingerprint density at radius 3 is 2.67 bits per heavy atom. The van der Waals surface area contributed by atoms with Gasteiger partial charge in [0.25, 0.3) is 5.91 Å². The Kier molecular flexibility index (Phi) is 6.11. The molecule has 0 aliphatic heterocycles. The summed E-state index contributed by atoms with van der Waals surface area (Å²) < 4.78 is 0. The van der Waals surface area contributed by atoms with Crippen LogP contribution in [0.2, 0.25) is 5.02 Å². The molecule has 0 unspecified atom stereocenters. The number of aromatic nitrogens is 2. The second-order valence-corrected chi connectivity index (χ2v) is 6.30. The van der Waals surface area contributed by atoms with Crippen LogP contribution >= 0.6 is 11.6 Å². The van der Waals surface area contributed by atoms with E-state index in [0.717, 1.165) is 17.8 Å². The number of rotatable bonds is 6. The molecule has 1 aromatic carbocycles. The molecule has 2 rings (SSSR count). The van der Waals surface area contributed by atoms with Crippen LogP contribution in [0.15, 0.2) is 24.3 Å². The SMILES string of the molecule is Cc1cc(C(=O)NCCN(C)C)nc(Nc2cc(Cl)ccc2C)n1. The second-order valence-electron chi connectivity index (χ2n) is 5.86. The number of hydrogen-bond acceptors (Lipinski definition) is 5. The molecule has 1 aromatic heterocycles. The van der Waals surface area contributed by atoms with Crippen LogP contribution in [0, 0.1) is 13.8 Å². The highest BCUT2D eigenvalue weighted by Crippen LogP contribution is 2.22. The molecular weight excluding hydrogens is 326 g/mol. The molecule has 24 heavy (non-hydrogen) atoms. The third-order valence-electron chi connectivity index (χ3n) is 3.38. The first-order valence-corrected chi connectivity index (χ1v) is 8.05. The van der Waals surface area contributed by atoms with Crippen LogP contribution in [0.4, 0.5) is 11.6 Å². The zero-order valence-electron chi connectivity index (χ0n) is 14.4. The van der Waals surface area contributed by atoms with Gasteiger partial charge in [-0.2, -0.15) is 0 Å². The summed E-state index contributed by atoms with van der Waals surface area (Å²) >= 11 is 6.03. The average Bonchev–Trinajstić information content (AvgIpc) is 2.50. The van der Waals surface area contributed by atoms with E-state index in [1.807, 2.05) is 45.0 Å². The van der Waals surface area contributed by atoms with Gasteiger partial charge in [-0.3, -0.25) is 4.79 Å². The zero-order chi connectivity index (χ0) is 17.7. The minimum absolute atomic E-state index is 0.215. The molecule has 7 heteroatoms. The summed E-state index contributed by atoms with van der Waals surface area (Å²) in [6.07, 6.45) is 0. The number of amides is 1. The molecular formula is C17H22ClN5O. The van der Waals surface area contributed by atoms with Gasteiger partial charge in [0.2, 0.25) is 5.95 Å². The highest BCUT2D eigenvalue weighted by atomic mass is 35.5. The van der Waals surface area contributed by atoms with E-state index in [4.69, 9.17) is 11.6 Å². The van der Waals surface area contributed by atoms with Crippen molar-refractivity contribution in [2.24, 2.45) is 0 Å². The van der Waals surface area contributed by atoms with Gasteiger partial charge in [-0.05, 0) is 51.7 Å². The average molecular weight is 348 g/mol. The predicted octanol–water partition coefficient (Wildman–Crippen LogP) is 2.78. The lowest BCUT2D eigenvalue weighted by Gasteiger charge is -2.12. The first-order valence-electron chi connectivity index (χ1n) is 7.67. The number of aryl methyl sites for hydroxylation is 2. The Hall–Kier alpha value is -2.18. The third kappa shape index (κ3) is 5.18. The van der Waals surface area contributed by atoms with Crippen molar-refractivity contribution in [2.75, 3.05) is 32.5 Å². The van der Waals surface area contributed by atoms with Crippen molar-refractivity contribution in [1.82, 2.24) is 20.2 Å².